The summed E-state index contributed by atoms with van der Waals surface area (Å²) in [5.41, 5.74) is 0. The van der Waals surface area contributed by atoms with Gasteiger partial charge >= 0.3 is 0 Å². The molecule has 0 aliphatic carbocycles. The van der Waals surface area contributed by atoms with E-state index in [9.17, 15) is 0 Å². The van der Waals surface area contributed by atoms with Crippen LogP contribution in [-0.4, -0.2) is 68.3 Å². The first kappa shape index (κ1) is 23.0. The van der Waals surface area contributed by atoms with Gasteiger partial charge in [-0.2, -0.15) is 0 Å². The highest BCUT2D eigenvalue weighted by atomic mass is 127. The average molecular weight is 475 g/mol. The molecule has 26 heavy (non-hydrogen) atoms. The van der Waals surface area contributed by atoms with Gasteiger partial charge in [0, 0.05) is 58.7 Å². The van der Waals surface area contributed by atoms with Gasteiger partial charge in [0.15, 0.2) is 5.96 Å². The van der Waals surface area contributed by atoms with Crippen molar-refractivity contribution in [2.75, 3.05) is 57.4 Å². The Morgan fingerprint density at radius 2 is 1.92 bits per heavy atom. The van der Waals surface area contributed by atoms with Crippen molar-refractivity contribution in [2.45, 2.75) is 33.1 Å². The predicted molar refractivity (Wildman–Crippen MR) is 120 cm³/mol. The monoisotopic (exact) mass is 475 g/mol. The van der Waals surface area contributed by atoms with Crippen molar-refractivity contribution in [1.82, 2.24) is 15.2 Å². The molecule has 1 saturated heterocycles. The van der Waals surface area contributed by atoms with E-state index in [4.69, 9.17) is 9.73 Å². The fourth-order valence-electron chi connectivity index (χ4n) is 2.81. The molecule has 0 atom stereocenters. The van der Waals surface area contributed by atoms with Gasteiger partial charge < -0.3 is 19.9 Å². The number of halogens is 1. The maximum atomic E-state index is 5.61. The lowest BCUT2D eigenvalue weighted by Crippen LogP contribution is -2.52. The first-order valence-electron chi connectivity index (χ1n) is 9.62. The lowest BCUT2D eigenvalue weighted by molar-refractivity contribution is 0.130. The van der Waals surface area contributed by atoms with E-state index in [2.05, 4.69) is 40.0 Å². The van der Waals surface area contributed by atoms with Crippen LogP contribution in [0.25, 0.3) is 0 Å². The van der Waals surface area contributed by atoms with Gasteiger partial charge in [-0.3, -0.25) is 4.99 Å². The molecule has 2 heterocycles. The molecule has 1 aromatic heterocycles. The zero-order valence-electron chi connectivity index (χ0n) is 16.2. The molecule has 0 aromatic carbocycles. The van der Waals surface area contributed by atoms with Gasteiger partial charge in [0.2, 0.25) is 0 Å². The van der Waals surface area contributed by atoms with Crippen molar-refractivity contribution in [3.05, 3.63) is 24.4 Å². The summed E-state index contributed by atoms with van der Waals surface area (Å²) >= 11 is 0. The van der Waals surface area contributed by atoms with Crippen LogP contribution < -0.4 is 10.2 Å². The topological polar surface area (TPSA) is 53.0 Å². The molecule has 2 rings (SSSR count). The SMILES string of the molecule is CCCCOCCCN=C(NCC)N1CCN(c2ccccn2)CC1.I. The van der Waals surface area contributed by atoms with Crippen molar-refractivity contribution in [3.63, 3.8) is 0 Å². The Morgan fingerprint density at radius 3 is 2.58 bits per heavy atom. The van der Waals surface area contributed by atoms with E-state index < -0.39 is 0 Å². The fraction of sp³-hybridized carbons (Fsp3) is 0.684. The highest BCUT2D eigenvalue weighted by Gasteiger charge is 2.20. The maximum absolute atomic E-state index is 5.61. The van der Waals surface area contributed by atoms with E-state index in [1.54, 1.807) is 0 Å². The number of rotatable bonds is 9. The van der Waals surface area contributed by atoms with Gasteiger partial charge in [-0.15, -0.1) is 24.0 Å². The van der Waals surface area contributed by atoms with Crippen LogP contribution in [-0.2, 0) is 4.74 Å². The molecule has 1 aliphatic heterocycles. The molecule has 1 N–H and O–H groups in total. The maximum Gasteiger partial charge on any atom is 0.194 e. The number of pyridine rings is 1. The van der Waals surface area contributed by atoms with E-state index in [0.29, 0.717) is 0 Å². The number of aromatic nitrogens is 1. The highest BCUT2D eigenvalue weighted by molar-refractivity contribution is 14.0. The Balaban J connectivity index is 0.00000338. The van der Waals surface area contributed by atoms with E-state index in [0.717, 1.165) is 77.1 Å². The number of anilines is 1. The number of guanidine groups is 1. The van der Waals surface area contributed by atoms with Crippen LogP contribution in [0.4, 0.5) is 5.82 Å². The van der Waals surface area contributed by atoms with Crippen LogP contribution in [0.15, 0.2) is 29.4 Å². The van der Waals surface area contributed by atoms with Crippen LogP contribution in [0.3, 0.4) is 0 Å². The Bertz CT molecular complexity index is 492. The minimum absolute atomic E-state index is 0. The second-order valence-corrected chi connectivity index (χ2v) is 6.22. The normalized spacial score (nSPS) is 14.9. The molecule has 0 radical (unpaired) electrons. The Morgan fingerprint density at radius 1 is 1.15 bits per heavy atom. The number of piperazine rings is 1. The van der Waals surface area contributed by atoms with Gasteiger partial charge in [-0.1, -0.05) is 19.4 Å². The molecule has 6 nitrogen and oxygen atoms in total. The van der Waals surface area contributed by atoms with E-state index in [1.807, 2.05) is 18.3 Å². The minimum Gasteiger partial charge on any atom is -0.381 e. The molecule has 0 unspecified atom stereocenters. The van der Waals surface area contributed by atoms with Gasteiger partial charge in [-0.25, -0.2) is 4.98 Å². The number of aliphatic imine (C=N–C) groups is 1. The molecule has 148 valence electrons. The average Bonchev–Trinajstić information content (AvgIpc) is 2.67. The molecule has 1 fully saturated rings. The Hall–Kier alpha value is -1.09. The van der Waals surface area contributed by atoms with E-state index >= 15 is 0 Å². The fourth-order valence-corrected chi connectivity index (χ4v) is 2.81. The molecule has 1 aliphatic rings. The van der Waals surface area contributed by atoms with Gasteiger partial charge in [0.05, 0.1) is 0 Å². The largest absolute Gasteiger partial charge is 0.381 e. The standard InChI is InChI=1S/C19H33N5O.HI/c1-3-5-16-25-17-8-11-22-19(20-4-2)24-14-12-23(13-15-24)18-9-6-7-10-21-18;/h6-7,9-10H,3-5,8,11-17H2,1-2H3,(H,20,22);1H. The van der Waals surface area contributed by atoms with Crippen molar-refractivity contribution in [1.29, 1.82) is 0 Å². The van der Waals surface area contributed by atoms with Crippen LogP contribution in [0.5, 0.6) is 0 Å². The second kappa shape index (κ2) is 14.0. The summed E-state index contributed by atoms with van der Waals surface area (Å²) in [6, 6.07) is 6.08. The van der Waals surface area contributed by atoms with Crippen LogP contribution in [0.1, 0.15) is 33.1 Å². The predicted octanol–water partition coefficient (Wildman–Crippen LogP) is 2.99. The third-order valence-corrected chi connectivity index (χ3v) is 4.24. The number of nitrogens with one attached hydrogen (secondary N) is 1. The molecule has 0 bridgehead atoms. The molecule has 0 saturated carbocycles. The smallest absolute Gasteiger partial charge is 0.194 e. The van der Waals surface area contributed by atoms with Gasteiger partial charge in [-0.05, 0) is 31.9 Å². The highest BCUT2D eigenvalue weighted by Crippen LogP contribution is 2.12. The van der Waals surface area contributed by atoms with E-state index in [1.165, 1.54) is 6.42 Å². The minimum atomic E-state index is 0. The van der Waals surface area contributed by atoms with E-state index in [-0.39, 0.29) is 24.0 Å². The number of hydrogen-bond donors (Lipinski definition) is 1. The number of ether oxygens (including phenoxy) is 1. The number of nitrogens with zero attached hydrogens (tertiary/aromatic N) is 4. The zero-order valence-corrected chi connectivity index (χ0v) is 18.5. The third kappa shape index (κ3) is 8.07. The third-order valence-electron chi connectivity index (χ3n) is 4.24. The lowest BCUT2D eigenvalue weighted by Gasteiger charge is -2.37. The Kier molecular flexibility index (Phi) is 12.4. The molecule has 0 spiro atoms. The summed E-state index contributed by atoms with van der Waals surface area (Å²) in [4.78, 5) is 13.9. The molecular formula is C19H34IN5O. The summed E-state index contributed by atoms with van der Waals surface area (Å²) in [5.74, 6) is 2.09. The first-order chi connectivity index (χ1) is 12.3. The summed E-state index contributed by atoms with van der Waals surface area (Å²) in [6.07, 6.45) is 5.17. The van der Waals surface area contributed by atoms with Gasteiger partial charge in [0.25, 0.3) is 0 Å². The zero-order chi connectivity index (χ0) is 17.7. The summed E-state index contributed by atoms with van der Waals surface area (Å²) < 4.78 is 5.61. The van der Waals surface area contributed by atoms with Crippen LogP contribution >= 0.6 is 24.0 Å². The molecular weight excluding hydrogens is 441 g/mol. The van der Waals surface area contributed by atoms with Crippen molar-refractivity contribution >= 4 is 35.8 Å². The number of hydrogen-bond acceptors (Lipinski definition) is 4. The van der Waals surface area contributed by atoms with Crippen molar-refractivity contribution in [3.8, 4) is 0 Å². The van der Waals surface area contributed by atoms with Crippen molar-refractivity contribution in [2.24, 2.45) is 4.99 Å². The Labute approximate surface area is 175 Å². The number of unbranched alkanes of at least 4 members (excludes halogenated alkanes) is 1. The molecule has 7 heteroatoms. The lowest BCUT2D eigenvalue weighted by atomic mass is 10.3. The quantitative estimate of drug-likeness (QED) is 0.258. The molecule has 1 aromatic rings. The second-order valence-electron chi connectivity index (χ2n) is 6.22. The van der Waals surface area contributed by atoms with Gasteiger partial charge in [0.1, 0.15) is 5.82 Å². The first-order valence-corrected chi connectivity index (χ1v) is 9.62. The summed E-state index contributed by atoms with van der Waals surface area (Å²) in [6.45, 7) is 11.6. The summed E-state index contributed by atoms with van der Waals surface area (Å²) in [5, 5.41) is 3.42. The molecule has 0 amide bonds. The van der Waals surface area contributed by atoms with Crippen LogP contribution in [0.2, 0.25) is 0 Å². The van der Waals surface area contributed by atoms with Crippen LogP contribution in [0, 0.1) is 0 Å². The van der Waals surface area contributed by atoms with Crippen molar-refractivity contribution < 1.29 is 4.74 Å². The summed E-state index contributed by atoms with van der Waals surface area (Å²) in [7, 11) is 0.